The summed E-state index contributed by atoms with van der Waals surface area (Å²) >= 11 is 0. The van der Waals surface area contributed by atoms with Crippen LogP contribution >= 0.6 is 0 Å². The molecule has 4 nitrogen and oxygen atoms in total. The minimum Gasteiger partial charge on any atom is -0.489 e. The number of nitro groups is 1. The lowest BCUT2D eigenvalue weighted by Gasteiger charge is -2.11. The van der Waals surface area contributed by atoms with Gasteiger partial charge in [0.05, 0.1) is 5.92 Å². The number of halogens is 1. The van der Waals surface area contributed by atoms with Crippen LogP contribution in [0.5, 0.6) is 5.75 Å². The van der Waals surface area contributed by atoms with Gasteiger partial charge < -0.3 is 4.74 Å². The molecule has 2 aromatic rings. The van der Waals surface area contributed by atoms with E-state index in [1.165, 1.54) is 6.07 Å². The molecule has 1 fully saturated rings. The van der Waals surface area contributed by atoms with Gasteiger partial charge in [0, 0.05) is 16.9 Å². The second-order valence-corrected chi connectivity index (χ2v) is 5.12. The zero-order valence-electron chi connectivity index (χ0n) is 11.2. The van der Waals surface area contributed by atoms with Gasteiger partial charge in [-0.25, -0.2) is 4.39 Å². The highest BCUT2D eigenvalue weighted by Gasteiger charge is 2.51. The SMILES string of the molecule is O=[N+]([O-])[C@@H]1C[C@H]1c1c(F)cccc1OCc1ccccc1. The zero-order valence-corrected chi connectivity index (χ0v) is 11.2. The maximum absolute atomic E-state index is 14.0. The number of rotatable bonds is 5. The second kappa shape index (κ2) is 5.52. The van der Waals surface area contributed by atoms with E-state index in [9.17, 15) is 14.5 Å². The molecule has 1 aliphatic carbocycles. The van der Waals surface area contributed by atoms with Crippen molar-refractivity contribution in [1.29, 1.82) is 0 Å². The fourth-order valence-corrected chi connectivity index (χ4v) is 2.46. The summed E-state index contributed by atoms with van der Waals surface area (Å²) in [6, 6.07) is 13.4. The first-order valence-electron chi connectivity index (χ1n) is 6.75. The summed E-state index contributed by atoms with van der Waals surface area (Å²) in [5, 5.41) is 10.8. The largest absolute Gasteiger partial charge is 0.489 e. The molecule has 0 heterocycles. The van der Waals surface area contributed by atoms with Crippen LogP contribution in [-0.2, 0) is 6.61 Å². The van der Waals surface area contributed by atoms with Gasteiger partial charge in [-0.1, -0.05) is 36.4 Å². The Morgan fingerprint density at radius 1 is 1.19 bits per heavy atom. The van der Waals surface area contributed by atoms with Gasteiger partial charge in [0.2, 0.25) is 6.04 Å². The van der Waals surface area contributed by atoms with E-state index < -0.39 is 11.9 Å². The van der Waals surface area contributed by atoms with E-state index in [2.05, 4.69) is 0 Å². The fraction of sp³-hybridized carbons (Fsp3) is 0.250. The summed E-state index contributed by atoms with van der Waals surface area (Å²) in [5.41, 5.74) is 1.30. The number of hydrogen-bond donors (Lipinski definition) is 0. The van der Waals surface area contributed by atoms with Gasteiger partial charge in [-0.2, -0.15) is 0 Å². The molecule has 2 aromatic carbocycles. The molecule has 1 saturated carbocycles. The van der Waals surface area contributed by atoms with Crippen LogP contribution in [0.25, 0.3) is 0 Å². The molecule has 108 valence electrons. The van der Waals surface area contributed by atoms with Crippen molar-refractivity contribution in [2.75, 3.05) is 0 Å². The highest BCUT2D eigenvalue weighted by atomic mass is 19.1. The van der Waals surface area contributed by atoms with E-state index in [0.29, 0.717) is 24.3 Å². The van der Waals surface area contributed by atoms with Gasteiger partial charge in [0.1, 0.15) is 18.2 Å². The number of ether oxygens (including phenoxy) is 1. The zero-order chi connectivity index (χ0) is 14.8. The molecule has 0 amide bonds. The maximum atomic E-state index is 14.0. The monoisotopic (exact) mass is 287 g/mol. The van der Waals surface area contributed by atoms with Crippen molar-refractivity contribution in [2.45, 2.75) is 25.0 Å². The Morgan fingerprint density at radius 2 is 1.95 bits per heavy atom. The van der Waals surface area contributed by atoms with Crippen LogP contribution < -0.4 is 4.74 Å². The van der Waals surface area contributed by atoms with Crippen LogP contribution in [0.2, 0.25) is 0 Å². The third kappa shape index (κ3) is 2.86. The van der Waals surface area contributed by atoms with Gasteiger partial charge >= 0.3 is 0 Å². The Morgan fingerprint density at radius 3 is 2.62 bits per heavy atom. The predicted molar refractivity (Wildman–Crippen MR) is 75.3 cm³/mol. The summed E-state index contributed by atoms with van der Waals surface area (Å²) in [6.45, 7) is 0.313. The van der Waals surface area contributed by atoms with E-state index >= 15 is 0 Å². The lowest BCUT2D eigenvalue weighted by atomic mass is 10.1. The first kappa shape index (κ1) is 13.5. The van der Waals surface area contributed by atoms with Gasteiger partial charge in [0.25, 0.3) is 0 Å². The van der Waals surface area contributed by atoms with Crippen molar-refractivity contribution in [3.8, 4) is 5.75 Å². The summed E-state index contributed by atoms with van der Waals surface area (Å²) in [7, 11) is 0. The molecule has 2 atom stereocenters. The Bertz CT molecular complexity index is 660. The summed E-state index contributed by atoms with van der Waals surface area (Å²) in [5.74, 6) is -0.421. The molecule has 21 heavy (non-hydrogen) atoms. The standard InChI is InChI=1S/C16H14FNO3/c17-13-7-4-8-15(16(13)12-9-14(12)18(19)20)21-10-11-5-2-1-3-6-11/h1-8,12,14H,9-10H2/t12-,14-/m1/s1. The molecule has 5 heteroatoms. The number of nitrogens with zero attached hydrogens (tertiary/aromatic N) is 1. The average molecular weight is 287 g/mol. The summed E-state index contributed by atoms with van der Waals surface area (Å²) in [6.07, 6.45) is 0.371. The molecule has 0 spiro atoms. The lowest BCUT2D eigenvalue weighted by molar-refractivity contribution is -0.496. The van der Waals surface area contributed by atoms with Crippen LogP contribution in [0.4, 0.5) is 4.39 Å². The van der Waals surface area contributed by atoms with Gasteiger partial charge in [0.15, 0.2) is 0 Å². The van der Waals surface area contributed by atoms with Crippen molar-refractivity contribution in [1.82, 2.24) is 0 Å². The van der Waals surface area contributed by atoms with E-state index in [4.69, 9.17) is 4.74 Å². The molecule has 0 aromatic heterocycles. The van der Waals surface area contributed by atoms with E-state index in [-0.39, 0.29) is 10.8 Å². The maximum Gasteiger partial charge on any atom is 0.221 e. The summed E-state index contributed by atoms with van der Waals surface area (Å²) in [4.78, 5) is 10.4. The molecular formula is C16H14FNO3. The molecule has 3 rings (SSSR count). The quantitative estimate of drug-likeness (QED) is 0.624. The van der Waals surface area contributed by atoms with Gasteiger partial charge in [-0.3, -0.25) is 10.1 Å². The number of hydrogen-bond acceptors (Lipinski definition) is 3. The van der Waals surface area contributed by atoms with Crippen molar-refractivity contribution >= 4 is 0 Å². The normalized spacial score (nSPS) is 20.0. The first-order chi connectivity index (χ1) is 10.2. The minimum absolute atomic E-state index is 0.313. The molecule has 0 aliphatic heterocycles. The van der Waals surface area contributed by atoms with E-state index in [0.717, 1.165) is 5.56 Å². The third-order valence-corrected chi connectivity index (χ3v) is 3.65. The third-order valence-electron chi connectivity index (χ3n) is 3.65. The molecule has 0 radical (unpaired) electrons. The molecule has 0 saturated heterocycles. The van der Waals surface area contributed by atoms with Crippen molar-refractivity contribution in [2.24, 2.45) is 0 Å². The molecular weight excluding hydrogens is 273 g/mol. The molecule has 0 N–H and O–H groups in total. The average Bonchev–Trinajstić information content (AvgIpc) is 3.26. The van der Waals surface area contributed by atoms with Crippen LogP contribution in [-0.4, -0.2) is 11.0 Å². The second-order valence-electron chi connectivity index (χ2n) is 5.12. The number of benzene rings is 2. The van der Waals surface area contributed by atoms with E-state index in [1.54, 1.807) is 12.1 Å². The Hall–Kier alpha value is -2.43. The lowest BCUT2D eigenvalue weighted by Crippen LogP contribution is -2.06. The van der Waals surface area contributed by atoms with Crippen LogP contribution in [0, 0.1) is 15.9 Å². The Kier molecular flexibility index (Phi) is 3.56. The molecule has 0 unspecified atom stereocenters. The fourth-order valence-electron chi connectivity index (χ4n) is 2.46. The highest BCUT2D eigenvalue weighted by Crippen LogP contribution is 2.47. The van der Waals surface area contributed by atoms with E-state index in [1.807, 2.05) is 30.3 Å². The van der Waals surface area contributed by atoms with Crippen molar-refractivity contribution in [3.05, 3.63) is 75.6 Å². The smallest absolute Gasteiger partial charge is 0.221 e. The van der Waals surface area contributed by atoms with Crippen LogP contribution in [0.1, 0.15) is 23.5 Å². The first-order valence-corrected chi connectivity index (χ1v) is 6.75. The highest BCUT2D eigenvalue weighted by molar-refractivity contribution is 5.41. The predicted octanol–water partition coefficient (Wildman–Crippen LogP) is 3.54. The Balaban J connectivity index is 1.79. The van der Waals surface area contributed by atoms with Gasteiger partial charge in [-0.15, -0.1) is 0 Å². The van der Waals surface area contributed by atoms with Gasteiger partial charge in [-0.05, 0) is 17.7 Å². The van der Waals surface area contributed by atoms with Crippen LogP contribution in [0.15, 0.2) is 48.5 Å². The van der Waals surface area contributed by atoms with Crippen LogP contribution in [0.3, 0.4) is 0 Å². The van der Waals surface area contributed by atoms with Crippen molar-refractivity contribution < 1.29 is 14.1 Å². The topological polar surface area (TPSA) is 52.4 Å². The van der Waals surface area contributed by atoms with Crippen molar-refractivity contribution in [3.63, 3.8) is 0 Å². The molecule has 1 aliphatic rings. The Labute approximate surface area is 121 Å². The summed E-state index contributed by atoms with van der Waals surface area (Å²) < 4.78 is 19.7. The minimum atomic E-state index is -0.694. The molecule has 0 bridgehead atoms.